The van der Waals surface area contributed by atoms with Gasteiger partial charge in [0.05, 0.1) is 0 Å². The molecule has 2 rings (SSSR count). The van der Waals surface area contributed by atoms with E-state index in [0.717, 1.165) is 18.1 Å². The fourth-order valence-electron chi connectivity index (χ4n) is 2.67. The molecule has 14 heavy (non-hydrogen) atoms. The zero-order chi connectivity index (χ0) is 10.3. The van der Waals surface area contributed by atoms with E-state index < -0.39 is 0 Å². The smallest absolute Gasteiger partial charge is 0.0196 e. The summed E-state index contributed by atoms with van der Waals surface area (Å²) in [4.78, 5) is 2.73. The van der Waals surface area contributed by atoms with Gasteiger partial charge in [-0.05, 0) is 25.2 Å². The largest absolute Gasteiger partial charge is 0.311 e. The van der Waals surface area contributed by atoms with Gasteiger partial charge in [-0.1, -0.05) is 20.8 Å². The van der Waals surface area contributed by atoms with Crippen LogP contribution in [0.4, 0.5) is 0 Å². The van der Waals surface area contributed by atoms with E-state index in [2.05, 4.69) is 37.9 Å². The van der Waals surface area contributed by atoms with Crippen molar-refractivity contribution < 1.29 is 0 Å². The van der Waals surface area contributed by atoms with E-state index in [1.165, 1.54) is 25.9 Å². The van der Waals surface area contributed by atoms with Gasteiger partial charge in [0.25, 0.3) is 0 Å². The van der Waals surface area contributed by atoms with Gasteiger partial charge in [-0.2, -0.15) is 0 Å². The van der Waals surface area contributed by atoms with Gasteiger partial charge in [0.15, 0.2) is 0 Å². The van der Waals surface area contributed by atoms with Crippen molar-refractivity contribution >= 4 is 0 Å². The molecule has 1 aliphatic heterocycles. The second kappa shape index (κ2) is 3.49. The lowest BCUT2D eigenvalue weighted by Crippen LogP contribution is -2.56. The first-order valence-electron chi connectivity index (χ1n) is 6.03. The normalized spacial score (nSPS) is 42.4. The molecule has 1 saturated heterocycles. The van der Waals surface area contributed by atoms with Gasteiger partial charge in [-0.15, -0.1) is 0 Å². The van der Waals surface area contributed by atoms with E-state index in [0.29, 0.717) is 5.41 Å². The third kappa shape index (κ3) is 1.82. The Balaban J connectivity index is 1.96. The van der Waals surface area contributed by atoms with E-state index >= 15 is 0 Å². The lowest BCUT2D eigenvalue weighted by molar-refractivity contribution is 0.116. The highest BCUT2D eigenvalue weighted by Crippen LogP contribution is 2.49. The highest BCUT2D eigenvalue weighted by Gasteiger charge is 2.51. The lowest BCUT2D eigenvalue weighted by atomic mass is 10.1. The molecule has 3 atom stereocenters. The molecule has 2 aliphatic rings. The van der Waals surface area contributed by atoms with Crippen molar-refractivity contribution in [2.45, 2.75) is 58.7 Å². The Hall–Kier alpha value is -0.0800. The molecule has 3 unspecified atom stereocenters. The first-order valence-corrected chi connectivity index (χ1v) is 6.03. The molecule has 0 bridgehead atoms. The molecule has 2 heteroatoms. The monoisotopic (exact) mass is 196 g/mol. The predicted octanol–water partition coefficient (Wildman–Crippen LogP) is 1.86. The molecule has 2 nitrogen and oxygen atoms in total. The van der Waals surface area contributed by atoms with E-state index in [1.807, 2.05) is 0 Å². The van der Waals surface area contributed by atoms with Gasteiger partial charge in [0.2, 0.25) is 0 Å². The standard InChI is InChI=1S/C12H24N2/c1-5-10-8-14(9(2)7-13-10)11-6-12(11,3)4/h9-11,13H,5-8H2,1-4H3. The zero-order valence-electron chi connectivity index (χ0n) is 10.0. The maximum atomic E-state index is 3.62. The van der Waals surface area contributed by atoms with Crippen LogP contribution in [0.15, 0.2) is 0 Å². The van der Waals surface area contributed by atoms with Crippen LogP contribution in [0.2, 0.25) is 0 Å². The van der Waals surface area contributed by atoms with Crippen molar-refractivity contribution in [1.29, 1.82) is 0 Å². The van der Waals surface area contributed by atoms with Gasteiger partial charge in [-0.3, -0.25) is 4.90 Å². The van der Waals surface area contributed by atoms with Crippen molar-refractivity contribution in [2.75, 3.05) is 13.1 Å². The fourth-order valence-corrected chi connectivity index (χ4v) is 2.67. The average Bonchev–Trinajstić information content (AvgIpc) is 2.76. The van der Waals surface area contributed by atoms with Crippen LogP contribution in [0.5, 0.6) is 0 Å². The summed E-state index contributed by atoms with van der Waals surface area (Å²) in [7, 11) is 0. The minimum Gasteiger partial charge on any atom is -0.311 e. The Kier molecular flexibility index (Phi) is 2.61. The van der Waals surface area contributed by atoms with Crippen LogP contribution in [-0.4, -0.2) is 36.1 Å². The van der Waals surface area contributed by atoms with Crippen LogP contribution in [0, 0.1) is 5.41 Å². The second-order valence-corrected chi connectivity index (χ2v) is 5.77. The fraction of sp³-hybridized carbons (Fsp3) is 1.00. The van der Waals surface area contributed by atoms with Crippen molar-refractivity contribution in [3.8, 4) is 0 Å². The molecule has 1 saturated carbocycles. The van der Waals surface area contributed by atoms with Gasteiger partial charge in [0, 0.05) is 31.2 Å². The quantitative estimate of drug-likeness (QED) is 0.725. The van der Waals surface area contributed by atoms with Crippen LogP contribution in [-0.2, 0) is 0 Å². The Morgan fingerprint density at radius 3 is 2.57 bits per heavy atom. The number of hydrogen-bond donors (Lipinski definition) is 1. The molecule has 1 heterocycles. The topological polar surface area (TPSA) is 15.3 Å². The van der Waals surface area contributed by atoms with Crippen LogP contribution in [0.25, 0.3) is 0 Å². The summed E-state index contributed by atoms with van der Waals surface area (Å²) in [6.45, 7) is 11.9. The van der Waals surface area contributed by atoms with Crippen LogP contribution in [0.1, 0.15) is 40.5 Å². The van der Waals surface area contributed by atoms with E-state index in [9.17, 15) is 0 Å². The lowest BCUT2D eigenvalue weighted by Gasteiger charge is -2.39. The Morgan fingerprint density at radius 2 is 2.07 bits per heavy atom. The summed E-state index contributed by atoms with van der Waals surface area (Å²) in [6.07, 6.45) is 2.66. The number of nitrogens with zero attached hydrogens (tertiary/aromatic N) is 1. The predicted molar refractivity (Wildman–Crippen MR) is 60.4 cm³/mol. The average molecular weight is 196 g/mol. The van der Waals surface area contributed by atoms with Crippen molar-refractivity contribution in [3.63, 3.8) is 0 Å². The maximum absolute atomic E-state index is 3.62. The number of piperazine rings is 1. The summed E-state index contributed by atoms with van der Waals surface area (Å²) in [5.41, 5.74) is 0.587. The Labute approximate surface area is 88.1 Å². The van der Waals surface area contributed by atoms with Crippen molar-refractivity contribution in [2.24, 2.45) is 5.41 Å². The Morgan fingerprint density at radius 1 is 1.43 bits per heavy atom. The van der Waals surface area contributed by atoms with E-state index in [1.54, 1.807) is 0 Å². The number of nitrogens with one attached hydrogen (secondary N) is 1. The van der Waals surface area contributed by atoms with Crippen LogP contribution < -0.4 is 5.32 Å². The molecule has 82 valence electrons. The molecule has 0 amide bonds. The summed E-state index contributed by atoms with van der Waals surface area (Å²) in [5.74, 6) is 0. The zero-order valence-corrected chi connectivity index (χ0v) is 10.0. The third-order valence-electron chi connectivity index (χ3n) is 4.05. The summed E-state index contributed by atoms with van der Waals surface area (Å²) in [5, 5.41) is 3.62. The number of hydrogen-bond acceptors (Lipinski definition) is 2. The Bertz CT molecular complexity index is 212. The molecule has 1 aliphatic carbocycles. The molecule has 0 radical (unpaired) electrons. The maximum Gasteiger partial charge on any atom is 0.0196 e. The summed E-state index contributed by atoms with van der Waals surface area (Å²) < 4.78 is 0. The van der Waals surface area contributed by atoms with Gasteiger partial charge < -0.3 is 5.32 Å². The number of rotatable bonds is 2. The van der Waals surface area contributed by atoms with E-state index in [4.69, 9.17) is 0 Å². The molecule has 2 fully saturated rings. The molecule has 0 aromatic rings. The second-order valence-electron chi connectivity index (χ2n) is 5.77. The van der Waals surface area contributed by atoms with Crippen LogP contribution in [0.3, 0.4) is 0 Å². The van der Waals surface area contributed by atoms with Crippen molar-refractivity contribution in [3.05, 3.63) is 0 Å². The first-order chi connectivity index (χ1) is 6.54. The molecule has 0 spiro atoms. The van der Waals surface area contributed by atoms with Crippen LogP contribution >= 0.6 is 0 Å². The van der Waals surface area contributed by atoms with Gasteiger partial charge in [-0.25, -0.2) is 0 Å². The molecule has 0 aromatic heterocycles. The summed E-state index contributed by atoms with van der Waals surface area (Å²) >= 11 is 0. The SMILES string of the molecule is CCC1CN(C2CC2(C)C)C(C)CN1. The highest BCUT2D eigenvalue weighted by molar-refractivity contribution is 5.05. The van der Waals surface area contributed by atoms with Crippen molar-refractivity contribution in [1.82, 2.24) is 10.2 Å². The first kappa shape index (κ1) is 10.4. The van der Waals surface area contributed by atoms with Gasteiger partial charge in [0.1, 0.15) is 0 Å². The molecule has 1 N–H and O–H groups in total. The third-order valence-corrected chi connectivity index (χ3v) is 4.05. The highest BCUT2D eigenvalue weighted by atomic mass is 15.3. The molecular formula is C12H24N2. The van der Waals surface area contributed by atoms with E-state index in [-0.39, 0.29) is 0 Å². The minimum absolute atomic E-state index is 0.587. The van der Waals surface area contributed by atoms with Gasteiger partial charge >= 0.3 is 0 Å². The minimum atomic E-state index is 0.587. The molecule has 0 aromatic carbocycles. The summed E-state index contributed by atoms with van der Waals surface area (Å²) in [6, 6.07) is 2.31. The molecular weight excluding hydrogens is 172 g/mol.